The highest BCUT2D eigenvalue weighted by Crippen LogP contribution is 2.30. The average molecular weight is 498 g/mol. The number of nitroso groups, excluding NO2 is 1. The number of rotatable bonds is 8. The van der Waals surface area contributed by atoms with E-state index in [2.05, 4.69) is 20.8 Å². The number of amides is 2. The van der Waals surface area contributed by atoms with Crippen LogP contribution in [0.1, 0.15) is 0 Å². The van der Waals surface area contributed by atoms with E-state index in [1.54, 1.807) is 26.6 Å². The van der Waals surface area contributed by atoms with Crippen molar-refractivity contribution in [1.82, 2.24) is 25.0 Å². The summed E-state index contributed by atoms with van der Waals surface area (Å²) >= 11 is 0. The molecule has 0 saturated carbocycles. The van der Waals surface area contributed by atoms with Gasteiger partial charge in [-0.3, -0.25) is 24.8 Å². The fourth-order valence-electron chi connectivity index (χ4n) is 4.45. The molecule has 2 aliphatic heterocycles. The number of nitrogens with two attached hydrogens (primary N) is 1. The lowest BCUT2D eigenvalue weighted by molar-refractivity contribution is -0.132. The number of piperazine rings is 1. The molecular weight excluding hydrogens is 464 g/mol. The Labute approximate surface area is 202 Å². The Morgan fingerprint density at radius 1 is 1.31 bits per heavy atom. The minimum Gasteiger partial charge on any atom is -0.364 e. The molecule has 4 atom stereocenters. The van der Waals surface area contributed by atoms with Gasteiger partial charge in [-0.1, -0.05) is 5.18 Å². The summed E-state index contributed by atoms with van der Waals surface area (Å²) in [5, 5.41) is 8.35. The molecule has 3 rings (SSSR count). The quantitative estimate of drug-likeness (QED) is 0.395. The summed E-state index contributed by atoms with van der Waals surface area (Å²) < 4.78 is 28.6. The Kier molecular flexibility index (Phi) is 8.99. The monoisotopic (exact) mass is 497 g/mol. The fourth-order valence-corrected chi connectivity index (χ4v) is 4.45. The Morgan fingerprint density at radius 3 is 2.60 bits per heavy atom. The second-order valence-corrected chi connectivity index (χ2v) is 9.12. The standard InChI is InChI=1S/C21H33F2N9O3/c1-29(2)12-16(33)31-4-6-32(7-5-31)18-14(23)9-25-10-15(18)27-21(34)17(19(24)28-35)20-26-8-13(22)11-30(20)3/h9-10,13,17,19-20,26H,4-8,11-12,24H2,1-3H3,(H,27,34). The summed E-state index contributed by atoms with van der Waals surface area (Å²) in [6.45, 7) is 1.82. The highest BCUT2D eigenvalue weighted by Gasteiger charge is 2.40. The van der Waals surface area contributed by atoms with Crippen molar-refractivity contribution in [2.45, 2.75) is 18.5 Å². The van der Waals surface area contributed by atoms with E-state index in [0.29, 0.717) is 26.2 Å². The molecular formula is C21H33F2N9O3. The molecule has 35 heavy (non-hydrogen) atoms. The summed E-state index contributed by atoms with van der Waals surface area (Å²) in [4.78, 5) is 47.5. The first-order chi connectivity index (χ1) is 16.6. The van der Waals surface area contributed by atoms with Gasteiger partial charge in [0.1, 0.15) is 17.8 Å². The van der Waals surface area contributed by atoms with Gasteiger partial charge in [0.25, 0.3) is 0 Å². The van der Waals surface area contributed by atoms with Crippen LogP contribution in [0.25, 0.3) is 0 Å². The molecule has 14 heteroatoms. The van der Waals surface area contributed by atoms with Gasteiger partial charge in [0.05, 0.1) is 30.8 Å². The topological polar surface area (TPSA) is 140 Å². The number of carbonyl (C=O) groups excluding carboxylic acids is 2. The van der Waals surface area contributed by atoms with Gasteiger partial charge in [-0.05, 0) is 21.1 Å². The SMILES string of the molecule is CN(C)CC(=O)N1CCN(c2c(F)cncc2NC(=O)C(C(N)N=O)C2NCC(F)CN2C)CC1. The number of likely N-dealkylation sites (N-methyl/N-ethyl adjacent to an activating group) is 1. The number of hydrogen-bond donors (Lipinski definition) is 3. The lowest BCUT2D eigenvalue weighted by atomic mass is 9.98. The smallest absolute Gasteiger partial charge is 0.236 e. The van der Waals surface area contributed by atoms with E-state index in [9.17, 15) is 23.3 Å². The van der Waals surface area contributed by atoms with E-state index in [1.807, 2.05) is 14.1 Å². The first kappa shape index (κ1) is 26.8. The Balaban J connectivity index is 1.77. The molecule has 0 bridgehead atoms. The Bertz CT molecular complexity index is 914. The molecule has 2 saturated heterocycles. The largest absolute Gasteiger partial charge is 0.364 e. The first-order valence-electron chi connectivity index (χ1n) is 11.4. The van der Waals surface area contributed by atoms with Crippen molar-refractivity contribution in [3.8, 4) is 0 Å². The van der Waals surface area contributed by atoms with Crippen LogP contribution < -0.4 is 21.3 Å². The second kappa shape index (κ2) is 11.7. The molecule has 2 fully saturated rings. The number of carbonyl (C=O) groups is 2. The lowest BCUT2D eigenvalue weighted by Gasteiger charge is -2.40. The zero-order valence-electron chi connectivity index (χ0n) is 20.2. The molecule has 1 aromatic rings. The second-order valence-electron chi connectivity index (χ2n) is 9.12. The van der Waals surface area contributed by atoms with E-state index >= 15 is 0 Å². The van der Waals surface area contributed by atoms with Gasteiger partial charge < -0.3 is 25.8 Å². The van der Waals surface area contributed by atoms with Crippen molar-refractivity contribution in [3.63, 3.8) is 0 Å². The maximum absolute atomic E-state index is 14.9. The molecule has 194 valence electrons. The molecule has 0 spiro atoms. The third-order valence-corrected chi connectivity index (χ3v) is 6.17. The average Bonchev–Trinajstić information content (AvgIpc) is 2.80. The lowest BCUT2D eigenvalue weighted by Crippen LogP contribution is -2.62. The number of hydrogen-bond acceptors (Lipinski definition) is 10. The molecule has 2 aliphatic rings. The molecule has 3 heterocycles. The zero-order valence-corrected chi connectivity index (χ0v) is 20.2. The number of pyridine rings is 1. The summed E-state index contributed by atoms with van der Waals surface area (Å²) in [6, 6.07) is 0. The van der Waals surface area contributed by atoms with E-state index in [1.165, 1.54) is 6.20 Å². The van der Waals surface area contributed by atoms with E-state index in [0.717, 1.165) is 6.20 Å². The van der Waals surface area contributed by atoms with Crippen molar-refractivity contribution >= 4 is 23.2 Å². The number of nitrogens with zero attached hydrogens (tertiary/aromatic N) is 6. The minimum absolute atomic E-state index is 0.00600. The van der Waals surface area contributed by atoms with Crippen LogP contribution in [0.2, 0.25) is 0 Å². The summed E-state index contributed by atoms with van der Waals surface area (Å²) in [5.41, 5.74) is 6.08. The van der Waals surface area contributed by atoms with E-state index in [-0.39, 0.29) is 36.9 Å². The number of alkyl halides is 1. The first-order valence-corrected chi connectivity index (χ1v) is 11.4. The third kappa shape index (κ3) is 6.45. The van der Waals surface area contributed by atoms with Gasteiger partial charge in [0.15, 0.2) is 12.0 Å². The Morgan fingerprint density at radius 2 is 2.00 bits per heavy atom. The van der Waals surface area contributed by atoms with Crippen LogP contribution in [-0.4, -0.2) is 117 Å². The molecule has 0 aromatic carbocycles. The molecule has 0 aliphatic carbocycles. The van der Waals surface area contributed by atoms with Crippen molar-refractivity contribution in [3.05, 3.63) is 23.1 Å². The van der Waals surface area contributed by atoms with Crippen LogP contribution in [-0.2, 0) is 9.59 Å². The minimum atomic E-state index is -1.41. The van der Waals surface area contributed by atoms with E-state index in [4.69, 9.17) is 5.73 Å². The maximum atomic E-state index is 14.9. The van der Waals surface area contributed by atoms with Crippen molar-refractivity contribution in [2.75, 3.05) is 77.2 Å². The number of anilines is 2. The Hall–Kier alpha value is -2.81. The van der Waals surface area contributed by atoms with Crippen molar-refractivity contribution in [1.29, 1.82) is 0 Å². The number of nitrogens with one attached hydrogen (secondary N) is 2. The molecule has 2 amide bonds. The number of aromatic nitrogens is 1. The third-order valence-electron chi connectivity index (χ3n) is 6.17. The van der Waals surface area contributed by atoms with Gasteiger partial charge in [0, 0.05) is 39.3 Å². The summed E-state index contributed by atoms with van der Waals surface area (Å²) in [6.07, 6.45) is -0.939. The molecule has 1 aromatic heterocycles. The van der Waals surface area contributed by atoms with Crippen LogP contribution in [0, 0.1) is 16.6 Å². The number of halogens is 2. The molecule has 12 nitrogen and oxygen atoms in total. The van der Waals surface area contributed by atoms with Gasteiger partial charge in [-0.15, -0.1) is 4.91 Å². The van der Waals surface area contributed by atoms with Gasteiger partial charge in [-0.25, -0.2) is 8.78 Å². The zero-order chi connectivity index (χ0) is 25.7. The molecule has 4 unspecified atom stereocenters. The predicted octanol–water partition coefficient (Wildman–Crippen LogP) is -0.764. The van der Waals surface area contributed by atoms with Gasteiger partial charge in [0.2, 0.25) is 11.8 Å². The summed E-state index contributed by atoms with van der Waals surface area (Å²) in [7, 11) is 5.23. The van der Waals surface area contributed by atoms with Crippen LogP contribution in [0.5, 0.6) is 0 Å². The maximum Gasteiger partial charge on any atom is 0.236 e. The summed E-state index contributed by atoms with van der Waals surface area (Å²) in [5.74, 6) is -2.50. The van der Waals surface area contributed by atoms with E-state index < -0.39 is 36.1 Å². The van der Waals surface area contributed by atoms with Crippen LogP contribution in [0.15, 0.2) is 17.6 Å². The highest BCUT2D eigenvalue weighted by atomic mass is 19.1. The normalized spacial score (nSPS) is 23.2. The van der Waals surface area contributed by atoms with Crippen molar-refractivity contribution in [2.24, 2.45) is 16.8 Å². The van der Waals surface area contributed by atoms with Gasteiger partial charge in [-0.2, -0.15) is 0 Å². The van der Waals surface area contributed by atoms with Crippen molar-refractivity contribution < 1.29 is 18.4 Å². The predicted molar refractivity (Wildman–Crippen MR) is 127 cm³/mol. The van der Waals surface area contributed by atoms with Crippen LogP contribution >= 0.6 is 0 Å². The van der Waals surface area contributed by atoms with Crippen LogP contribution in [0.3, 0.4) is 0 Å². The van der Waals surface area contributed by atoms with Crippen LogP contribution in [0.4, 0.5) is 20.2 Å². The molecule has 4 N–H and O–H groups in total. The van der Waals surface area contributed by atoms with Gasteiger partial charge >= 0.3 is 0 Å². The molecule has 0 radical (unpaired) electrons. The highest BCUT2D eigenvalue weighted by molar-refractivity contribution is 5.96. The fraction of sp³-hybridized carbons (Fsp3) is 0.667.